The van der Waals surface area contributed by atoms with E-state index in [0.717, 1.165) is 0 Å². The van der Waals surface area contributed by atoms with E-state index in [4.69, 9.17) is 0 Å². The molecule has 0 spiro atoms. The molecular formula is C7H4Br2F3NO. The number of halogens is 5. The van der Waals surface area contributed by atoms with Crippen molar-refractivity contribution in [2.24, 2.45) is 0 Å². The van der Waals surface area contributed by atoms with Crippen molar-refractivity contribution in [2.75, 3.05) is 0 Å². The Balaban J connectivity index is 3.04. The molecule has 0 radical (unpaired) electrons. The van der Waals surface area contributed by atoms with Crippen LogP contribution in [0.2, 0.25) is 0 Å². The Labute approximate surface area is 94.7 Å². The standard InChI is InChI=1S/C7H4Br2F3NO/c1-3-4(8)2-5(9)6(13-3)14-7(10,11)12/h2H,1H3. The van der Waals surface area contributed by atoms with Crippen molar-refractivity contribution in [1.29, 1.82) is 0 Å². The highest BCUT2D eigenvalue weighted by Gasteiger charge is 2.32. The van der Waals surface area contributed by atoms with Crippen LogP contribution in [0.25, 0.3) is 0 Å². The van der Waals surface area contributed by atoms with Crippen LogP contribution in [-0.2, 0) is 0 Å². The molecule has 0 aliphatic rings. The number of hydrogen-bond acceptors (Lipinski definition) is 2. The summed E-state index contributed by atoms with van der Waals surface area (Å²) < 4.78 is 40.0. The molecule has 1 aromatic heterocycles. The first-order chi connectivity index (χ1) is 6.29. The maximum Gasteiger partial charge on any atom is 0.574 e. The summed E-state index contributed by atoms with van der Waals surface area (Å²) in [6.45, 7) is 1.57. The maximum atomic E-state index is 11.9. The number of alkyl halides is 3. The second kappa shape index (κ2) is 4.06. The van der Waals surface area contributed by atoms with Gasteiger partial charge >= 0.3 is 6.36 Å². The van der Waals surface area contributed by atoms with Gasteiger partial charge < -0.3 is 4.74 Å². The molecule has 1 heterocycles. The van der Waals surface area contributed by atoms with Gasteiger partial charge in [0.2, 0.25) is 5.88 Å². The summed E-state index contributed by atoms with van der Waals surface area (Å²) in [5, 5.41) is 0. The molecule has 0 amide bonds. The number of aromatic nitrogens is 1. The lowest BCUT2D eigenvalue weighted by molar-refractivity contribution is -0.276. The van der Waals surface area contributed by atoms with Crippen LogP contribution in [0.1, 0.15) is 5.69 Å². The Hall–Kier alpha value is -0.300. The molecular weight excluding hydrogens is 331 g/mol. The van der Waals surface area contributed by atoms with Crippen LogP contribution >= 0.6 is 31.9 Å². The minimum Gasteiger partial charge on any atom is -0.387 e. The average molecular weight is 335 g/mol. The van der Waals surface area contributed by atoms with Gasteiger partial charge in [-0.05, 0) is 44.8 Å². The number of ether oxygens (including phenoxy) is 1. The smallest absolute Gasteiger partial charge is 0.387 e. The third kappa shape index (κ3) is 3.13. The van der Waals surface area contributed by atoms with Gasteiger partial charge in [-0.15, -0.1) is 13.2 Å². The predicted octanol–water partition coefficient (Wildman–Crippen LogP) is 3.81. The van der Waals surface area contributed by atoms with E-state index >= 15 is 0 Å². The number of rotatable bonds is 1. The summed E-state index contributed by atoms with van der Waals surface area (Å²) >= 11 is 6.05. The summed E-state index contributed by atoms with van der Waals surface area (Å²) in [5.41, 5.74) is 0.424. The van der Waals surface area contributed by atoms with E-state index in [-0.39, 0.29) is 4.47 Å². The molecule has 0 atom stereocenters. The minimum atomic E-state index is -4.73. The molecule has 78 valence electrons. The van der Waals surface area contributed by atoms with Gasteiger partial charge in [0.15, 0.2) is 0 Å². The lowest BCUT2D eigenvalue weighted by Gasteiger charge is -2.10. The molecule has 0 aliphatic carbocycles. The topological polar surface area (TPSA) is 22.1 Å². The molecule has 1 aromatic rings. The number of hydrogen-bond donors (Lipinski definition) is 0. The van der Waals surface area contributed by atoms with Crippen molar-refractivity contribution >= 4 is 31.9 Å². The van der Waals surface area contributed by atoms with Crippen molar-refractivity contribution in [3.63, 3.8) is 0 Å². The summed E-state index contributed by atoms with van der Waals surface area (Å²) in [7, 11) is 0. The molecule has 0 saturated carbocycles. The Morgan fingerprint density at radius 2 is 1.86 bits per heavy atom. The lowest BCUT2D eigenvalue weighted by Crippen LogP contribution is -2.18. The van der Waals surface area contributed by atoms with Gasteiger partial charge in [0.05, 0.1) is 10.2 Å². The number of aryl methyl sites for hydroxylation is 1. The number of pyridine rings is 1. The molecule has 0 unspecified atom stereocenters. The Morgan fingerprint density at radius 3 is 2.36 bits per heavy atom. The first-order valence-corrected chi connectivity index (χ1v) is 4.96. The highest BCUT2D eigenvalue weighted by molar-refractivity contribution is 9.11. The van der Waals surface area contributed by atoms with Gasteiger partial charge in [-0.2, -0.15) is 0 Å². The normalized spacial score (nSPS) is 11.6. The molecule has 0 N–H and O–H groups in total. The van der Waals surface area contributed by atoms with E-state index in [0.29, 0.717) is 10.2 Å². The van der Waals surface area contributed by atoms with E-state index in [2.05, 4.69) is 41.6 Å². The fourth-order valence-electron chi connectivity index (χ4n) is 0.718. The van der Waals surface area contributed by atoms with Gasteiger partial charge in [0.25, 0.3) is 0 Å². The molecule has 7 heteroatoms. The van der Waals surface area contributed by atoms with Crippen LogP contribution in [0.4, 0.5) is 13.2 Å². The Morgan fingerprint density at radius 1 is 1.29 bits per heavy atom. The summed E-state index contributed by atoms with van der Waals surface area (Å²) in [6.07, 6.45) is -4.73. The summed E-state index contributed by atoms with van der Waals surface area (Å²) in [4.78, 5) is 3.62. The quantitative estimate of drug-likeness (QED) is 0.779. The third-order valence-corrected chi connectivity index (χ3v) is 2.66. The number of nitrogens with zero attached hydrogens (tertiary/aromatic N) is 1. The molecule has 1 rings (SSSR count). The van der Waals surface area contributed by atoms with Crippen LogP contribution in [0, 0.1) is 6.92 Å². The molecule has 0 bridgehead atoms. The molecule has 0 saturated heterocycles. The largest absolute Gasteiger partial charge is 0.574 e. The van der Waals surface area contributed by atoms with Crippen molar-refractivity contribution in [3.05, 3.63) is 20.7 Å². The van der Waals surface area contributed by atoms with Gasteiger partial charge in [-0.3, -0.25) is 0 Å². The van der Waals surface area contributed by atoms with Crippen LogP contribution in [-0.4, -0.2) is 11.3 Å². The van der Waals surface area contributed by atoms with E-state index in [1.54, 1.807) is 6.92 Å². The van der Waals surface area contributed by atoms with Crippen molar-refractivity contribution < 1.29 is 17.9 Å². The Bertz CT molecular complexity index is 354. The van der Waals surface area contributed by atoms with Gasteiger partial charge in [0, 0.05) is 4.47 Å². The monoisotopic (exact) mass is 333 g/mol. The second-order valence-electron chi connectivity index (χ2n) is 2.39. The van der Waals surface area contributed by atoms with E-state index in [1.807, 2.05) is 0 Å². The zero-order valence-electron chi connectivity index (χ0n) is 6.82. The third-order valence-electron chi connectivity index (χ3n) is 1.29. The average Bonchev–Trinajstić information content (AvgIpc) is 1.97. The van der Waals surface area contributed by atoms with E-state index in [9.17, 15) is 13.2 Å². The molecule has 0 fully saturated rings. The van der Waals surface area contributed by atoms with Gasteiger partial charge in [-0.25, -0.2) is 4.98 Å². The first-order valence-electron chi connectivity index (χ1n) is 3.38. The van der Waals surface area contributed by atoms with Crippen LogP contribution in [0.15, 0.2) is 15.0 Å². The van der Waals surface area contributed by atoms with Gasteiger partial charge in [-0.1, -0.05) is 0 Å². The summed E-state index contributed by atoms with van der Waals surface area (Å²) in [5.74, 6) is -0.488. The zero-order chi connectivity index (χ0) is 10.9. The highest BCUT2D eigenvalue weighted by Crippen LogP contribution is 2.31. The SMILES string of the molecule is Cc1nc(OC(F)(F)F)c(Br)cc1Br. The highest BCUT2D eigenvalue weighted by atomic mass is 79.9. The fraction of sp³-hybridized carbons (Fsp3) is 0.286. The van der Waals surface area contributed by atoms with Crippen molar-refractivity contribution in [2.45, 2.75) is 13.3 Å². The van der Waals surface area contributed by atoms with E-state index in [1.165, 1.54) is 6.07 Å². The molecule has 14 heavy (non-hydrogen) atoms. The first kappa shape index (κ1) is 11.8. The second-order valence-corrected chi connectivity index (χ2v) is 4.10. The fourth-order valence-corrected chi connectivity index (χ4v) is 1.74. The van der Waals surface area contributed by atoms with Crippen LogP contribution in [0.3, 0.4) is 0 Å². The van der Waals surface area contributed by atoms with Crippen LogP contribution in [0.5, 0.6) is 5.88 Å². The minimum absolute atomic E-state index is 0.146. The van der Waals surface area contributed by atoms with Crippen molar-refractivity contribution in [3.8, 4) is 5.88 Å². The maximum absolute atomic E-state index is 11.9. The predicted molar refractivity (Wildman–Crippen MR) is 51.1 cm³/mol. The van der Waals surface area contributed by atoms with Crippen molar-refractivity contribution in [1.82, 2.24) is 4.98 Å². The van der Waals surface area contributed by atoms with Gasteiger partial charge in [0.1, 0.15) is 0 Å². The summed E-state index contributed by atoms with van der Waals surface area (Å²) in [6, 6.07) is 1.45. The Kier molecular flexibility index (Phi) is 3.41. The molecule has 0 aliphatic heterocycles. The lowest BCUT2D eigenvalue weighted by atomic mass is 10.4. The molecule has 0 aromatic carbocycles. The van der Waals surface area contributed by atoms with E-state index < -0.39 is 12.2 Å². The zero-order valence-corrected chi connectivity index (χ0v) is 9.99. The molecule has 2 nitrogen and oxygen atoms in total. The van der Waals surface area contributed by atoms with Crippen LogP contribution < -0.4 is 4.74 Å².